The first-order valence-electron chi connectivity index (χ1n) is 7.50. The van der Waals surface area contributed by atoms with Gasteiger partial charge in [0.05, 0.1) is 5.69 Å². The number of aryl methyl sites for hydroxylation is 1. The van der Waals surface area contributed by atoms with Crippen molar-refractivity contribution in [2.75, 3.05) is 0 Å². The quantitative estimate of drug-likeness (QED) is 0.611. The van der Waals surface area contributed by atoms with Gasteiger partial charge in [0.2, 0.25) is 0 Å². The van der Waals surface area contributed by atoms with E-state index in [0.29, 0.717) is 12.2 Å². The summed E-state index contributed by atoms with van der Waals surface area (Å²) >= 11 is 0. The fourth-order valence-electron chi connectivity index (χ4n) is 2.87. The molecule has 0 aliphatic rings. The van der Waals surface area contributed by atoms with E-state index in [1.54, 1.807) is 0 Å². The minimum Gasteiger partial charge on any atom is -0.361 e. The van der Waals surface area contributed by atoms with Gasteiger partial charge in [-0.2, -0.15) is 0 Å². The summed E-state index contributed by atoms with van der Waals surface area (Å²) in [6.45, 7) is 2.34. The van der Waals surface area contributed by atoms with Gasteiger partial charge in [-0.1, -0.05) is 12.1 Å². The predicted molar refractivity (Wildman–Crippen MR) is 89.4 cm³/mol. The van der Waals surface area contributed by atoms with Crippen LogP contribution in [0.4, 0.5) is 0 Å². The Morgan fingerprint density at radius 2 is 2.17 bits per heavy atom. The van der Waals surface area contributed by atoms with Gasteiger partial charge < -0.3 is 10.3 Å². The largest absolute Gasteiger partial charge is 0.361 e. The zero-order valence-corrected chi connectivity index (χ0v) is 12.7. The van der Waals surface area contributed by atoms with Crippen molar-refractivity contribution in [3.63, 3.8) is 0 Å². The van der Waals surface area contributed by atoms with Crippen LogP contribution in [0.2, 0.25) is 0 Å². The van der Waals surface area contributed by atoms with E-state index in [0.717, 1.165) is 27.8 Å². The molecule has 2 N–H and O–H groups in total. The second-order valence-electron chi connectivity index (χ2n) is 5.56. The number of nitrogens with zero attached hydrogens (tertiary/aromatic N) is 2. The molecule has 4 rings (SSSR count). The van der Waals surface area contributed by atoms with E-state index in [1.165, 1.54) is 0 Å². The Kier molecular flexibility index (Phi) is 3.12. The molecule has 3 aromatic heterocycles. The number of benzene rings is 1. The number of hydrogen-bond donors (Lipinski definition) is 2. The van der Waals surface area contributed by atoms with E-state index in [-0.39, 0.29) is 5.91 Å². The van der Waals surface area contributed by atoms with Gasteiger partial charge in [-0.05, 0) is 48.2 Å². The predicted octanol–water partition coefficient (Wildman–Crippen LogP) is 3.05. The molecule has 0 saturated carbocycles. The number of imidazole rings is 1. The van der Waals surface area contributed by atoms with Crippen LogP contribution in [0.5, 0.6) is 0 Å². The topological polar surface area (TPSA) is 62.2 Å². The maximum atomic E-state index is 12.5. The van der Waals surface area contributed by atoms with E-state index >= 15 is 0 Å². The number of rotatable bonds is 3. The Morgan fingerprint density at radius 1 is 1.26 bits per heavy atom. The number of amides is 1. The van der Waals surface area contributed by atoms with Crippen molar-refractivity contribution in [2.24, 2.45) is 0 Å². The number of aromatic amines is 1. The summed E-state index contributed by atoms with van der Waals surface area (Å²) in [6.07, 6.45) is 3.77. The summed E-state index contributed by atoms with van der Waals surface area (Å²) < 4.78 is 1.82. The summed E-state index contributed by atoms with van der Waals surface area (Å²) in [5.74, 6) is -0.115. The maximum absolute atomic E-state index is 12.5. The number of carbonyl (C=O) groups is 1. The SMILES string of the molecule is Cc1nc2ccccn2c1C(=O)NCc1ccc2[nH]ccc2c1. The zero-order valence-electron chi connectivity index (χ0n) is 12.7. The Bertz CT molecular complexity index is 1010. The molecule has 0 aliphatic carbocycles. The van der Waals surface area contributed by atoms with Crippen LogP contribution >= 0.6 is 0 Å². The molecule has 0 saturated heterocycles. The lowest BCUT2D eigenvalue weighted by atomic mass is 10.1. The monoisotopic (exact) mass is 304 g/mol. The van der Waals surface area contributed by atoms with Crippen LogP contribution in [-0.2, 0) is 6.54 Å². The number of fused-ring (bicyclic) bond motifs is 2. The highest BCUT2D eigenvalue weighted by atomic mass is 16.1. The standard InChI is InChI=1S/C18H16N4O/c1-12-17(22-9-3-2-4-16(22)21-12)18(23)20-11-13-5-6-15-14(10-13)7-8-19-15/h2-10,19H,11H2,1H3,(H,20,23). The van der Waals surface area contributed by atoms with Crippen LogP contribution < -0.4 is 5.32 Å². The molecule has 0 radical (unpaired) electrons. The van der Waals surface area contributed by atoms with E-state index < -0.39 is 0 Å². The molecule has 3 heterocycles. The first-order valence-corrected chi connectivity index (χ1v) is 7.50. The third-order valence-electron chi connectivity index (χ3n) is 3.99. The lowest BCUT2D eigenvalue weighted by Gasteiger charge is -2.06. The number of carbonyl (C=O) groups excluding carboxylic acids is 1. The average molecular weight is 304 g/mol. The van der Waals surface area contributed by atoms with E-state index in [1.807, 2.05) is 60.1 Å². The van der Waals surface area contributed by atoms with Crippen molar-refractivity contribution in [2.45, 2.75) is 13.5 Å². The molecule has 4 aromatic rings. The second-order valence-corrected chi connectivity index (χ2v) is 5.56. The molecule has 0 fully saturated rings. The van der Waals surface area contributed by atoms with E-state index in [9.17, 15) is 4.79 Å². The van der Waals surface area contributed by atoms with Gasteiger partial charge in [-0.25, -0.2) is 4.98 Å². The normalized spacial score (nSPS) is 11.2. The van der Waals surface area contributed by atoms with Crippen molar-refractivity contribution in [1.29, 1.82) is 0 Å². The van der Waals surface area contributed by atoms with Crippen molar-refractivity contribution in [1.82, 2.24) is 19.7 Å². The Balaban J connectivity index is 1.58. The molecule has 0 atom stereocenters. The van der Waals surface area contributed by atoms with Gasteiger partial charge in [0.1, 0.15) is 11.3 Å². The fourth-order valence-corrected chi connectivity index (χ4v) is 2.87. The van der Waals surface area contributed by atoms with Crippen LogP contribution in [0.15, 0.2) is 54.9 Å². The first-order chi connectivity index (χ1) is 11.2. The highest BCUT2D eigenvalue weighted by molar-refractivity contribution is 5.94. The molecular weight excluding hydrogens is 288 g/mol. The van der Waals surface area contributed by atoms with E-state index in [4.69, 9.17) is 0 Å². The smallest absolute Gasteiger partial charge is 0.270 e. The van der Waals surface area contributed by atoms with Crippen molar-refractivity contribution in [3.8, 4) is 0 Å². The van der Waals surface area contributed by atoms with Crippen LogP contribution in [0, 0.1) is 6.92 Å². The molecule has 1 amide bonds. The van der Waals surface area contributed by atoms with Crippen molar-refractivity contribution in [3.05, 3.63) is 71.8 Å². The molecule has 0 spiro atoms. The molecule has 0 unspecified atom stereocenters. The number of aromatic nitrogens is 3. The van der Waals surface area contributed by atoms with Crippen molar-refractivity contribution < 1.29 is 4.79 Å². The molecular formula is C18H16N4O. The lowest BCUT2D eigenvalue weighted by molar-refractivity contribution is 0.0944. The van der Waals surface area contributed by atoms with Gasteiger partial charge >= 0.3 is 0 Å². The third kappa shape index (κ3) is 2.36. The van der Waals surface area contributed by atoms with Gasteiger partial charge in [0.15, 0.2) is 0 Å². The summed E-state index contributed by atoms with van der Waals surface area (Å²) in [5, 5.41) is 4.12. The number of hydrogen-bond acceptors (Lipinski definition) is 2. The molecule has 23 heavy (non-hydrogen) atoms. The maximum Gasteiger partial charge on any atom is 0.270 e. The van der Waals surface area contributed by atoms with Crippen LogP contribution in [0.3, 0.4) is 0 Å². The molecule has 5 nitrogen and oxygen atoms in total. The molecule has 1 aromatic carbocycles. The summed E-state index contributed by atoms with van der Waals surface area (Å²) in [6, 6.07) is 13.8. The first kappa shape index (κ1) is 13.6. The van der Waals surface area contributed by atoms with Gasteiger partial charge in [0, 0.05) is 24.5 Å². The second kappa shape index (κ2) is 5.28. The van der Waals surface area contributed by atoms with Gasteiger partial charge in [-0.3, -0.25) is 9.20 Å². The van der Waals surface area contributed by atoms with Crippen LogP contribution in [-0.4, -0.2) is 20.3 Å². The summed E-state index contributed by atoms with van der Waals surface area (Å²) in [5.41, 5.74) is 4.26. The highest BCUT2D eigenvalue weighted by Crippen LogP contribution is 2.15. The van der Waals surface area contributed by atoms with Crippen LogP contribution in [0.25, 0.3) is 16.6 Å². The fraction of sp³-hybridized carbons (Fsp3) is 0.111. The van der Waals surface area contributed by atoms with Gasteiger partial charge in [-0.15, -0.1) is 0 Å². The highest BCUT2D eigenvalue weighted by Gasteiger charge is 2.15. The minimum atomic E-state index is -0.115. The number of H-pyrrole nitrogens is 1. The zero-order chi connectivity index (χ0) is 15.8. The third-order valence-corrected chi connectivity index (χ3v) is 3.99. The van der Waals surface area contributed by atoms with Gasteiger partial charge in [0.25, 0.3) is 5.91 Å². The molecule has 0 aliphatic heterocycles. The van der Waals surface area contributed by atoms with E-state index in [2.05, 4.69) is 21.4 Å². The molecule has 0 bridgehead atoms. The molecule has 114 valence electrons. The Hall–Kier alpha value is -3.08. The van der Waals surface area contributed by atoms with Crippen LogP contribution in [0.1, 0.15) is 21.7 Å². The lowest BCUT2D eigenvalue weighted by Crippen LogP contribution is -2.24. The Labute approximate surface area is 133 Å². The Morgan fingerprint density at radius 3 is 3.09 bits per heavy atom. The average Bonchev–Trinajstić information content (AvgIpc) is 3.15. The number of pyridine rings is 1. The summed E-state index contributed by atoms with van der Waals surface area (Å²) in [4.78, 5) is 20.1. The van der Waals surface area contributed by atoms with Crippen molar-refractivity contribution >= 4 is 22.5 Å². The summed E-state index contributed by atoms with van der Waals surface area (Å²) in [7, 11) is 0. The minimum absolute atomic E-state index is 0.115. The number of nitrogens with one attached hydrogen (secondary N) is 2. The molecule has 5 heteroatoms.